The topological polar surface area (TPSA) is 113 Å². The number of benzene rings is 2. The van der Waals surface area contributed by atoms with Crippen molar-refractivity contribution in [3.63, 3.8) is 0 Å². The Hall–Kier alpha value is -3.59. The number of amides is 2. The number of methoxy groups -OCH3 is 1. The number of rotatable bonds is 7. The van der Waals surface area contributed by atoms with Crippen molar-refractivity contribution in [2.24, 2.45) is 0 Å². The number of thioether (sulfide) groups is 1. The minimum Gasteiger partial charge on any atom is -0.497 e. The van der Waals surface area contributed by atoms with Gasteiger partial charge in [0.1, 0.15) is 5.75 Å². The molecule has 0 aliphatic carbocycles. The summed E-state index contributed by atoms with van der Waals surface area (Å²) in [7, 11) is 1.58. The fourth-order valence-corrected chi connectivity index (χ4v) is 3.52. The molecule has 2 amide bonds. The Kier molecular flexibility index (Phi) is 7.09. The van der Waals surface area contributed by atoms with Crippen molar-refractivity contribution in [1.29, 1.82) is 0 Å². The van der Waals surface area contributed by atoms with E-state index in [0.29, 0.717) is 28.0 Å². The molecule has 2 aromatic carbocycles. The summed E-state index contributed by atoms with van der Waals surface area (Å²) >= 11 is 1.15. The molecule has 0 bridgehead atoms. The molecule has 0 spiro atoms. The summed E-state index contributed by atoms with van der Waals surface area (Å²) in [5, 5.41) is 5.32. The molecule has 3 rings (SSSR count). The molecule has 1 atom stereocenters. The molecule has 0 radical (unpaired) electrons. The first-order chi connectivity index (χ1) is 14.8. The van der Waals surface area contributed by atoms with Gasteiger partial charge in [0.15, 0.2) is 5.16 Å². The van der Waals surface area contributed by atoms with Gasteiger partial charge >= 0.3 is 0 Å². The fourth-order valence-electron chi connectivity index (χ4n) is 2.71. The van der Waals surface area contributed by atoms with Gasteiger partial charge in [0, 0.05) is 29.9 Å². The maximum Gasteiger partial charge on any atom is 0.252 e. The lowest BCUT2D eigenvalue weighted by Crippen LogP contribution is -2.23. The Morgan fingerprint density at radius 2 is 1.65 bits per heavy atom. The average Bonchev–Trinajstić information content (AvgIpc) is 2.74. The van der Waals surface area contributed by atoms with Crippen molar-refractivity contribution in [3.05, 3.63) is 65.0 Å². The third kappa shape index (κ3) is 6.19. The van der Waals surface area contributed by atoms with E-state index in [1.807, 2.05) is 12.1 Å². The lowest BCUT2D eigenvalue weighted by atomic mass is 10.1. The Balaban J connectivity index is 1.68. The van der Waals surface area contributed by atoms with Gasteiger partial charge in [-0.1, -0.05) is 11.8 Å². The Bertz CT molecular complexity index is 1130. The van der Waals surface area contributed by atoms with Crippen LogP contribution in [0.4, 0.5) is 11.4 Å². The molecule has 8 nitrogen and oxygen atoms in total. The third-order valence-electron chi connectivity index (χ3n) is 4.24. The van der Waals surface area contributed by atoms with Crippen LogP contribution < -0.4 is 20.9 Å². The molecular weight excluding hydrogens is 416 g/mol. The number of hydrogen-bond acceptors (Lipinski definition) is 6. The summed E-state index contributed by atoms with van der Waals surface area (Å²) < 4.78 is 5.15. The van der Waals surface area contributed by atoms with Crippen LogP contribution >= 0.6 is 11.8 Å². The van der Waals surface area contributed by atoms with Crippen LogP contribution in [0.15, 0.2) is 64.5 Å². The van der Waals surface area contributed by atoms with Gasteiger partial charge in [0.2, 0.25) is 11.8 Å². The number of aromatic nitrogens is 2. The summed E-state index contributed by atoms with van der Waals surface area (Å²) in [4.78, 5) is 42.9. The third-order valence-corrected chi connectivity index (χ3v) is 5.22. The van der Waals surface area contributed by atoms with Crippen LogP contribution in [-0.2, 0) is 9.59 Å². The molecule has 160 valence electrons. The molecule has 1 aromatic heterocycles. The highest BCUT2D eigenvalue weighted by Crippen LogP contribution is 2.24. The quantitative estimate of drug-likeness (QED) is 0.384. The molecule has 9 heteroatoms. The Morgan fingerprint density at radius 3 is 2.23 bits per heavy atom. The monoisotopic (exact) mass is 438 g/mol. The van der Waals surface area contributed by atoms with E-state index in [9.17, 15) is 14.4 Å². The van der Waals surface area contributed by atoms with Gasteiger partial charge in [-0.05, 0) is 55.5 Å². The van der Waals surface area contributed by atoms with E-state index in [1.165, 1.54) is 13.0 Å². The van der Waals surface area contributed by atoms with Crippen molar-refractivity contribution in [3.8, 4) is 17.0 Å². The molecule has 0 saturated carbocycles. The average molecular weight is 439 g/mol. The highest BCUT2D eigenvalue weighted by Gasteiger charge is 2.17. The second-order valence-electron chi connectivity index (χ2n) is 6.67. The molecular formula is C22H22N4O4S. The van der Waals surface area contributed by atoms with E-state index in [1.54, 1.807) is 50.4 Å². The van der Waals surface area contributed by atoms with E-state index < -0.39 is 5.25 Å². The van der Waals surface area contributed by atoms with Crippen molar-refractivity contribution < 1.29 is 14.3 Å². The maximum atomic E-state index is 12.6. The molecule has 0 aliphatic heterocycles. The van der Waals surface area contributed by atoms with Crippen molar-refractivity contribution in [1.82, 2.24) is 9.97 Å². The number of aromatic amines is 1. The van der Waals surface area contributed by atoms with Crippen LogP contribution in [0, 0.1) is 0 Å². The smallest absolute Gasteiger partial charge is 0.252 e. The van der Waals surface area contributed by atoms with Gasteiger partial charge in [-0.25, -0.2) is 4.98 Å². The molecule has 31 heavy (non-hydrogen) atoms. The summed E-state index contributed by atoms with van der Waals surface area (Å²) in [5.74, 6) is 0.300. The summed E-state index contributed by atoms with van der Waals surface area (Å²) in [6.45, 7) is 3.16. The van der Waals surface area contributed by atoms with E-state index in [0.717, 1.165) is 17.3 Å². The SMILES string of the molecule is COc1ccc(-c2cc(=O)[nH]c(SC(C)C(=O)Nc3ccc(NC(C)=O)cc3)n2)cc1. The number of hydrogen-bond donors (Lipinski definition) is 3. The summed E-state index contributed by atoms with van der Waals surface area (Å²) in [6, 6.07) is 15.4. The van der Waals surface area contributed by atoms with Crippen LogP contribution in [0.2, 0.25) is 0 Å². The molecule has 3 N–H and O–H groups in total. The molecule has 0 aliphatic rings. The fraction of sp³-hybridized carbons (Fsp3) is 0.182. The minimum absolute atomic E-state index is 0.167. The number of carbonyl (C=O) groups excluding carboxylic acids is 2. The predicted molar refractivity (Wildman–Crippen MR) is 122 cm³/mol. The predicted octanol–water partition coefficient (Wildman–Crippen LogP) is 3.52. The number of anilines is 2. The zero-order valence-corrected chi connectivity index (χ0v) is 18.1. The van der Waals surface area contributed by atoms with Crippen molar-refractivity contribution >= 4 is 35.0 Å². The first-order valence-corrected chi connectivity index (χ1v) is 10.3. The zero-order valence-electron chi connectivity index (χ0n) is 17.3. The van der Waals surface area contributed by atoms with E-state index in [4.69, 9.17) is 4.74 Å². The van der Waals surface area contributed by atoms with Crippen molar-refractivity contribution in [2.45, 2.75) is 24.3 Å². The van der Waals surface area contributed by atoms with E-state index >= 15 is 0 Å². The minimum atomic E-state index is -0.510. The van der Waals surface area contributed by atoms with Crippen LogP contribution in [0.1, 0.15) is 13.8 Å². The lowest BCUT2D eigenvalue weighted by Gasteiger charge is -2.12. The van der Waals surface area contributed by atoms with Gasteiger partial charge in [0.05, 0.1) is 18.1 Å². The number of ether oxygens (including phenoxy) is 1. The van der Waals surface area contributed by atoms with E-state index in [2.05, 4.69) is 20.6 Å². The van der Waals surface area contributed by atoms with Crippen molar-refractivity contribution in [2.75, 3.05) is 17.7 Å². The van der Waals surface area contributed by atoms with Crippen LogP contribution in [0.5, 0.6) is 5.75 Å². The van der Waals surface area contributed by atoms with Crippen LogP contribution in [-0.4, -0.2) is 34.1 Å². The zero-order chi connectivity index (χ0) is 22.4. The Morgan fingerprint density at radius 1 is 1.03 bits per heavy atom. The second-order valence-corrected chi connectivity index (χ2v) is 8.00. The van der Waals surface area contributed by atoms with E-state index in [-0.39, 0.29) is 17.4 Å². The van der Waals surface area contributed by atoms with Gasteiger partial charge in [-0.2, -0.15) is 0 Å². The highest BCUT2D eigenvalue weighted by atomic mass is 32.2. The summed E-state index contributed by atoms with van der Waals surface area (Å²) in [5.41, 5.74) is 2.22. The van der Waals surface area contributed by atoms with Gasteiger partial charge in [0.25, 0.3) is 5.56 Å². The molecule has 0 saturated heterocycles. The number of nitrogens with one attached hydrogen (secondary N) is 3. The van der Waals surface area contributed by atoms with Gasteiger partial charge < -0.3 is 20.4 Å². The molecule has 3 aromatic rings. The van der Waals surface area contributed by atoms with Gasteiger partial charge in [-0.3, -0.25) is 14.4 Å². The van der Waals surface area contributed by atoms with Gasteiger partial charge in [-0.15, -0.1) is 0 Å². The molecule has 1 unspecified atom stereocenters. The highest BCUT2D eigenvalue weighted by molar-refractivity contribution is 8.00. The standard InChI is InChI=1S/C22H22N4O4S/c1-13(21(29)24-17-8-6-16(7-9-17)23-14(2)27)31-22-25-19(12-20(28)26-22)15-4-10-18(30-3)11-5-15/h4-13H,1-3H3,(H,23,27)(H,24,29)(H,25,26,28). The summed E-state index contributed by atoms with van der Waals surface area (Å²) in [6.07, 6.45) is 0. The first-order valence-electron chi connectivity index (χ1n) is 9.45. The number of nitrogens with zero attached hydrogens (tertiary/aromatic N) is 1. The number of carbonyl (C=O) groups is 2. The largest absolute Gasteiger partial charge is 0.497 e. The first kappa shape index (κ1) is 22.1. The second kappa shape index (κ2) is 9.94. The van der Waals surface area contributed by atoms with Crippen LogP contribution in [0.25, 0.3) is 11.3 Å². The number of H-pyrrole nitrogens is 1. The molecule has 0 fully saturated rings. The van der Waals surface area contributed by atoms with Crippen LogP contribution in [0.3, 0.4) is 0 Å². The normalized spacial score (nSPS) is 11.5. The lowest BCUT2D eigenvalue weighted by molar-refractivity contribution is -0.115. The maximum absolute atomic E-state index is 12.6. The Labute approximate surface area is 183 Å². The molecule has 1 heterocycles.